The van der Waals surface area contributed by atoms with Gasteiger partial charge in [0.05, 0.1) is 12.8 Å². The second kappa shape index (κ2) is 5.16. The molecule has 0 spiro atoms. The molecule has 0 saturated carbocycles. The maximum atomic E-state index is 12.0. The van der Waals surface area contributed by atoms with Crippen LogP contribution in [0.5, 0.6) is 5.75 Å². The van der Waals surface area contributed by atoms with Gasteiger partial charge < -0.3 is 14.2 Å². The second-order valence-corrected chi connectivity index (χ2v) is 5.15. The van der Waals surface area contributed by atoms with Gasteiger partial charge in [-0.15, -0.1) is 0 Å². The Morgan fingerprint density at radius 3 is 2.00 bits per heavy atom. The van der Waals surface area contributed by atoms with Gasteiger partial charge in [0.25, 0.3) is 11.3 Å². The molecule has 0 aliphatic carbocycles. The van der Waals surface area contributed by atoms with Crippen molar-refractivity contribution >= 4 is 17.6 Å². The smallest absolute Gasteiger partial charge is 0.350 e. The summed E-state index contributed by atoms with van der Waals surface area (Å²) >= 11 is 0. The lowest BCUT2D eigenvalue weighted by Crippen LogP contribution is -2.55. The summed E-state index contributed by atoms with van der Waals surface area (Å²) in [7, 11) is 1.55. The third kappa shape index (κ3) is 3.01. The minimum absolute atomic E-state index is 0.474. The van der Waals surface area contributed by atoms with Crippen LogP contribution < -0.4 is 4.74 Å². The third-order valence-corrected chi connectivity index (χ3v) is 2.91. The zero-order valence-corrected chi connectivity index (χ0v) is 12.2. The number of nitrogens with zero attached hydrogens (tertiary/aromatic N) is 2. The number of hydrogen-bond donors (Lipinski definition) is 0. The Kier molecular flexibility index (Phi) is 3.67. The van der Waals surface area contributed by atoms with E-state index in [1.54, 1.807) is 31.4 Å². The van der Waals surface area contributed by atoms with Crippen molar-refractivity contribution < 1.29 is 23.8 Å². The summed E-state index contributed by atoms with van der Waals surface area (Å²) in [6, 6.07) is 6.68. The van der Waals surface area contributed by atoms with E-state index in [1.807, 2.05) is 0 Å². The quantitative estimate of drug-likeness (QED) is 0.485. The summed E-state index contributed by atoms with van der Waals surface area (Å²) in [5.41, 5.74) is -1.32. The van der Waals surface area contributed by atoms with Crippen molar-refractivity contribution in [1.82, 2.24) is 0 Å². The Bertz CT molecular complexity index is 572. The van der Waals surface area contributed by atoms with Crippen molar-refractivity contribution in [2.75, 3.05) is 7.11 Å². The van der Waals surface area contributed by atoms with Gasteiger partial charge in [-0.05, 0) is 31.2 Å². The molecule has 2 rings (SSSR count). The Hall–Kier alpha value is -2.44. The number of methoxy groups -OCH3 is 1. The molecular formula is C14H16N2O5. The van der Waals surface area contributed by atoms with Crippen LogP contribution in [0.1, 0.15) is 20.8 Å². The number of azo groups is 1. The zero-order valence-electron chi connectivity index (χ0n) is 12.2. The Morgan fingerprint density at radius 1 is 1.00 bits per heavy atom. The van der Waals surface area contributed by atoms with Crippen LogP contribution in [0.3, 0.4) is 0 Å². The van der Waals surface area contributed by atoms with Crippen LogP contribution in [-0.2, 0) is 19.1 Å². The molecule has 0 aromatic heterocycles. The van der Waals surface area contributed by atoms with E-state index in [1.165, 1.54) is 20.8 Å². The number of cyclic esters (lactones) is 2. The Labute approximate surface area is 121 Å². The summed E-state index contributed by atoms with van der Waals surface area (Å²) in [5, 5.41) is 7.70. The van der Waals surface area contributed by atoms with Crippen molar-refractivity contribution in [1.29, 1.82) is 0 Å². The maximum absolute atomic E-state index is 12.0. The molecule has 0 atom stereocenters. The molecular weight excluding hydrogens is 276 g/mol. The van der Waals surface area contributed by atoms with Crippen molar-refractivity contribution in [3.63, 3.8) is 0 Å². The average molecular weight is 292 g/mol. The monoisotopic (exact) mass is 292 g/mol. The second-order valence-electron chi connectivity index (χ2n) is 5.15. The lowest BCUT2D eigenvalue weighted by Gasteiger charge is -2.35. The molecule has 0 amide bonds. The molecule has 1 saturated heterocycles. The van der Waals surface area contributed by atoms with Crippen LogP contribution in [0.2, 0.25) is 0 Å². The van der Waals surface area contributed by atoms with Gasteiger partial charge in [-0.2, -0.15) is 10.2 Å². The number of carbonyl (C=O) groups is 2. The molecule has 1 aromatic rings. The van der Waals surface area contributed by atoms with Crippen LogP contribution in [0.4, 0.5) is 5.69 Å². The molecule has 1 fully saturated rings. The number of ether oxygens (including phenoxy) is 3. The SMILES string of the molecule is COc1ccc(N=NC2(C)C(=O)OC(C)(C)OC2=O)cc1. The number of benzene rings is 1. The van der Waals surface area contributed by atoms with Crippen LogP contribution in [-0.4, -0.2) is 30.4 Å². The van der Waals surface area contributed by atoms with Gasteiger partial charge in [-0.3, -0.25) is 0 Å². The largest absolute Gasteiger partial charge is 0.497 e. The first kappa shape index (κ1) is 15.0. The summed E-state index contributed by atoms with van der Waals surface area (Å²) < 4.78 is 15.1. The normalized spacial score (nSPS) is 20.0. The molecule has 112 valence electrons. The van der Waals surface area contributed by atoms with Crippen LogP contribution in [0.15, 0.2) is 34.5 Å². The molecule has 7 heteroatoms. The summed E-state index contributed by atoms with van der Waals surface area (Å²) in [4.78, 5) is 23.9. The van der Waals surface area contributed by atoms with E-state index in [0.29, 0.717) is 11.4 Å². The third-order valence-electron chi connectivity index (χ3n) is 2.91. The van der Waals surface area contributed by atoms with Gasteiger partial charge in [-0.25, -0.2) is 9.59 Å². The molecule has 7 nitrogen and oxygen atoms in total. The highest BCUT2D eigenvalue weighted by Gasteiger charge is 2.54. The minimum atomic E-state index is -1.80. The molecule has 1 aromatic carbocycles. The van der Waals surface area contributed by atoms with Gasteiger partial charge in [0.15, 0.2) is 0 Å². The highest BCUT2D eigenvalue weighted by Crippen LogP contribution is 2.30. The summed E-state index contributed by atoms with van der Waals surface area (Å²) in [6.45, 7) is 4.26. The Balaban J connectivity index is 2.21. The van der Waals surface area contributed by atoms with Gasteiger partial charge in [-0.1, -0.05) is 0 Å². The van der Waals surface area contributed by atoms with Crippen LogP contribution >= 0.6 is 0 Å². The lowest BCUT2D eigenvalue weighted by molar-refractivity contribution is -0.241. The van der Waals surface area contributed by atoms with E-state index < -0.39 is 23.3 Å². The maximum Gasteiger partial charge on any atom is 0.350 e. The highest BCUT2D eigenvalue weighted by atomic mass is 16.7. The first-order valence-electron chi connectivity index (χ1n) is 6.31. The van der Waals surface area contributed by atoms with E-state index in [-0.39, 0.29) is 0 Å². The molecule has 0 bridgehead atoms. The predicted octanol–water partition coefficient (Wildman–Crippen LogP) is 2.37. The molecule has 0 N–H and O–H groups in total. The summed E-state index contributed by atoms with van der Waals surface area (Å²) in [6.07, 6.45) is 0. The first-order chi connectivity index (χ1) is 9.77. The number of rotatable bonds is 3. The van der Waals surface area contributed by atoms with Crippen molar-refractivity contribution in [3.05, 3.63) is 24.3 Å². The molecule has 1 aliphatic heterocycles. The first-order valence-corrected chi connectivity index (χ1v) is 6.31. The van der Waals surface area contributed by atoms with Gasteiger partial charge in [0, 0.05) is 13.8 Å². The zero-order chi connectivity index (χ0) is 15.7. The molecule has 0 radical (unpaired) electrons. The van der Waals surface area contributed by atoms with Gasteiger partial charge in [0.1, 0.15) is 5.75 Å². The summed E-state index contributed by atoms with van der Waals surface area (Å²) in [5.74, 6) is -2.20. The van der Waals surface area contributed by atoms with Crippen molar-refractivity contribution in [2.45, 2.75) is 32.1 Å². The van der Waals surface area contributed by atoms with Crippen molar-refractivity contribution in [3.8, 4) is 5.75 Å². The van der Waals surface area contributed by atoms with E-state index in [4.69, 9.17) is 14.2 Å². The number of carbonyl (C=O) groups excluding carboxylic acids is 2. The fraction of sp³-hybridized carbons (Fsp3) is 0.429. The van der Waals surface area contributed by atoms with Gasteiger partial charge >= 0.3 is 11.9 Å². The molecule has 21 heavy (non-hydrogen) atoms. The fourth-order valence-corrected chi connectivity index (χ4v) is 1.64. The van der Waals surface area contributed by atoms with Crippen LogP contribution in [0.25, 0.3) is 0 Å². The Morgan fingerprint density at radius 2 is 1.52 bits per heavy atom. The number of esters is 2. The van der Waals surface area contributed by atoms with Gasteiger partial charge in [0.2, 0.25) is 0 Å². The minimum Gasteiger partial charge on any atom is -0.497 e. The highest BCUT2D eigenvalue weighted by molar-refractivity contribution is 6.06. The molecule has 1 aliphatic rings. The van der Waals surface area contributed by atoms with Crippen LogP contribution in [0, 0.1) is 0 Å². The molecule has 1 heterocycles. The fourth-order valence-electron chi connectivity index (χ4n) is 1.64. The van der Waals surface area contributed by atoms with E-state index in [9.17, 15) is 9.59 Å². The topological polar surface area (TPSA) is 86.6 Å². The van der Waals surface area contributed by atoms with E-state index in [2.05, 4.69) is 10.2 Å². The lowest BCUT2D eigenvalue weighted by atomic mass is 10.0. The van der Waals surface area contributed by atoms with Crippen molar-refractivity contribution in [2.24, 2.45) is 10.2 Å². The molecule has 0 unspecified atom stereocenters. The standard InChI is InChI=1S/C14H16N2O5/c1-13(2)20-11(17)14(3,12(18)21-13)16-15-9-5-7-10(19-4)8-6-9/h5-8H,1-4H3. The van der Waals surface area contributed by atoms with E-state index >= 15 is 0 Å². The van der Waals surface area contributed by atoms with E-state index in [0.717, 1.165) is 0 Å². The predicted molar refractivity (Wildman–Crippen MR) is 72.2 cm³/mol. The average Bonchev–Trinajstić information content (AvgIpc) is 2.42. The number of hydrogen-bond acceptors (Lipinski definition) is 7.